The van der Waals surface area contributed by atoms with Crippen molar-refractivity contribution in [3.05, 3.63) is 72.6 Å². The number of urea groups is 1. The molecule has 0 aliphatic heterocycles. The van der Waals surface area contributed by atoms with E-state index < -0.39 is 0 Å². The molecule has 0 saturated carbocycles. The number of amides is 2. The molecule has 2 amide bonds. The van der Waals surface area contributed by atoms with Crippen molar-refractivity contribution in [2.75, 3.05) is 5.32 Å². The van der Waals surface area contributed by atoms with E-state index in [1.165, 1.54) is 0 Å². The van der Waals surface area contributed by atoms with Crippen molar-refractivity contribution in [2.24, 2.45) is 0 Å². The van der Waals surface area contributed by atoms with Crippen LogP contribution in [-0.4, -0.2) is 30.8 Å². The molecule has 28 heavy (non-hydrogen) atoms. The van der Waals surface area contributed by atoms with E-state index in [4.69, 9.17) is 0 Å². The Balaban J connectivity index is 1.50. The monoisotopic (exact) mass is 373 g/mol. The van der Waals surface area contributed by atoms with Gasteiger partial charge in [0, 0.05) is 23.5 Å². The number of carbonyl (C=O) groups excluding carboxylic acids is 1. The lowest BCUT2D eigenvalue weighted by Crippen LogP contribution is -2.31. The first-order valence-corrected chi connectivity index (χ1v) is 8.85. The summed E-state index contributed by atoms with van der Waals surface area (Å²) >= 11 is 0. The fourth-order valence-corrected chi connectivity index (χ4v) is 2.92. The third kappa shape index (κ3) is 3.66. The van der Waals surface area contributed by atoms with Crippen LogP contribution in [0, 0.1) is 6.92 Å². The van der Waals surface area contributed by atoms with Crippen LogP contribution in [0.3, 0.4) is 0 Å². The molecule has 0 spiro atoms. The lowest BCUT2D eigenvalue weighted by Gasteiger charge is -2.13. The Morgan fingerprint density at radius 1 is 1.07 bits per heavy atom. The van der Waals surface area contributed by atoms with Gasteiger partial charge in [0.05, 0.1) is 35.3 Å². The molecule has 1 atom stereocenters. The molecule has 0 bridgehead atoms. The molecule has 8 heteroatoms. The highest BCUT2D eigenvalue weighted by Gasteiger charge is 2.12. The zero-order chi connectivity index (χ0) is 19.5. The number of anilines is 1. The molecule has 0 radical (unpaired) electrons. The normalized spacial score (nSPS) is 11.9. The van der Waals surface area contributed by atoms with Gasteiger partial charge in [0.25, 0.3) is 0 Å². The Morgan fingerprint density at radius 3 is 2.75 bits per heavy atom. The number of hydrogen-bond donors (Lipinski definition) is 2. The largest absolute Gasteiger partial charge is 0.330 e. The lowest BCUT2D eigenvalue weighted by molar-refractivity contribution is 0.249. The Morgan fingerprint density at radius 2 is 1.96 bits per heavy atom. The van der Waals surface area contributed by atoms with Crippen LogP contribution in [0.25, 0.3) is 16.6 Å². The van der Waals surface area contributed by atoms with Crippen LogP contribution in [0.1, 0.15) is 24.4 Å². The van der Waals surface area contributed by atoms with Gasteiger partial charge in [-0.15, -0.1) is 0 Å². The van der Waals surface area contributed by atoms with E-state index >= 15 is 0 Å². The van der Waals surface area contributed by atoms with Crippen LogP contribution < -0.4 is 10.6 Å². The SMILES string of the molecule is Cc1cc(-n2ncc3cc(NC(=O)NC(C)c4ccccn4)ncc32)ccn1. The van der Waals surface area contributed by atoms with Crippen LogP contribution in [0.5, 0.6) is 0 Å². The standard InChI is InChI=1S/C20H19N7O/c1-13-9-16(6-8-21-13)27-18-12-23-19(10-15(18)11-24-27)26-20(28)25-14(2)17-5-3-4-7-22-17/h3-12,14H,1-2H3,(H2,23,25,26,28). The van der Waals surface area contributed by atoms with Crippen LogP contribution in [0.4, 0.5) is 10.6 Å². The van der Waals surface area contributed by atoms with E-state index in [-0.39, 0.29) is 12.1 Å². The molecule has 1 unspecified atom stereocenters. The first kappa shape index (κ1) is 17.6. The minimum absolute atomic E-state index is 0.220. The van der Waals surface area contributed by atoms with Crippen LogP contribution in [0.2, 0.25) is 0 Å². The zero-order valence-electron chi connectivity index (χ0n) is 15.5. The third-order valence-electron chi connectivity index (χ3n) is 4.30. The minimum atomic E-state index is -0.345. The summed E-state index contributed by atoms with van der Waals surface area (Å²) in [6, 6.07) is 10.6. The first-order chi connectivity index (χ1) is 13.6. The Labute approximate surface area is 161 Å². The molecule has 4 aromatic heterocycles. The van der Waals surface area contributed by atoms with E-state index in [2.05, 4.69) is 30.7 Å². The Hall–Kier alpha value is -3.81. The summed E-state index contributed by atoms with van der Waals surface area (Å²) in [7, 11) is 0. The van der Waals surface area contributed by atoms with Crippen molar-refractivity contribution in [3.63, 3.8) is 0 Å². The second-order valence-electron chi connectivity index (χ2n) is 6.41. The number of nitrogens with one attached hydrogen (secondary N) is 2. The molecule has 0 saturated heterocycles. The number of rotatable bonds is 4. The lowest BCUT2D eigenvalue weighted by atomic mass is 10.2. The first-order valence-electron chi connectivity index (χ1n) is 8.85. The second kappa shape index (κ2) is 7.43. The van der Waals surface area contributed by atoms with E-state index in [9.17, 15) is 4.79 Å². The van der Waals surface area contributed by atoms with Gasteiger partial charge in [0.2, 0.25) is 0 Å². The molecule has 0 aliphatic rings. The number of pyridine rings is 3. The van der Waals surface area contributed by atoms with Gasteiger partial charge >= 0.3 is 6.03 Å². The maximum absolute atomic E-state index is 12.3. The van der Waals surface area contributed by atoms with Crippen LogP contribution in [-0.2, 0) is 0 Å². The fourth-order valence-electron chi connectivity index (χ4n) is 2.92. The van der Waals surface area contributed by atoms with E-state index in [0.29, 0.717) is 5.82 Å². The van der Waals surface area contributed by atoms with Crippen molar-refractivity contribution in [1.82, 2.24) is 30.0 Å². The third-order valence-corrected chi connectivity index (χ3v) is 4.30. The highest BCUT2D eigenvalue weighted by molar-refractivity contribution is 5.91. The van der Waals surface area contributed by atoms with E-state index in [1.807, 2.05) is 44.2 Å². The Kier molecular flexibility index (Phi) is 4.67. The van der Waals surface area contributed by atoms with Gasteiger partial charge in [0.15, 0.2) is 0 Å². The second-order valence-corrected chi connectivity index (χ2v) is 6.41. The molecule has 2 N–H and O–H groups in total. The van der Waals surface area contributed by atoms with Gasteiger partial charge in [-0.05, 0) is 44.2 Å². The molecule has 0 aliphatic carbocycles. The van der Waals surface area contributed by atoms with Crippen molar-refractivity contribution in [2.45, 2.75) is 19.9 Å². The predicted molar refractivity (Wildman–Crippen MR) is 106 cm³/mol. The molecule has 140 valence electrons. The molecule has 8 nitrogen and oxygen atoms in total. The molecular weight excluding hydrogens is 354 g/mol. The maximum atomic E-state index is 12.3. The number of carbonyl (C=O) groups is 1. The van der Waals surface area contributed by atoms with E-state index in [1.54, 1.807) is 35.5 Å². The quantitative estimate of drug-likeness (QED) is 0.571. The highest BCUT2D eigenvalue weighted by Crippen LogP contribution is 2.20. The topological polar surface area (TPSA) is 97.6 Å². The van der Waals surface area contributed by atoms with Crippen molar-refractivity contribution >= 4 is 22.8 Å². The predicted octanol–water partition coefficient (Wildman–Crippen LogP) is 3.40. The number of hydrogen-bond acceptors (Lipinski definition) is 5. The minimum Gasteiger partial charge on any atom is -0.330 e. The number of nitrogens with zero attached hydrogens (tertiary/aromatic N) is 5. The molecule has 4 aromatic rings. The number of fused-ring (bicyclic) bond motifs is 1. The smallest absolute Gasteiger partial charge is 0.320 e. The Bertz CT molecular complexity index is 1120. The summed E-state index contributed by atoms with van der Waals surface area (Å²) in [5, 5.41) is 10.9. The summed E-state index contributed by atoms with van der Waals surface area (Å²) < 4.78 is 1.80. The summed E-state index contributed by atoms with van der Waals surface area (Å²) in [6.07, 6.45) is 6.87. The van der Waals surface area contributed by atoms with Gasteiger partial charge in [-0.1, -0.05) is 6.07 Å². The van der Waals surface area contributed by atoms with Gasteiger partial charge in [0.1, 0.15) is 5.82 Å². The average Bonchev–Trinajstić information content (AvgIpc) is 3.12. The molecule has 0 fully saturated rings. The van der Waals surface area contributed by atoms with Crippen LogP contribution in [0.15, 0.2) is 61.2 Å². The summed E-state index contributed by atoms with van der Waals surface area (Å²) in [4.78, 5) is 25.1. The molecular formula is C20H19N7O. The maximum Gasteiger partial charge on any atom is 0.320 e. The van der Waals surface area contributed by atoms with Gasteiger partial charge in [-0.3, -0.25) is 15.3 Å². The zero-order valence-corrected chi connectivity index (χ0v) is 15.5. The molecule has 4 rings (SSSR count). The number of aromatic nitrogens is 5. The van der Waals surface area contributed by atoms with E-state index in [0.717, 1.165) is 28.0 Å². The van der Waals surface area contributed by atoms with Crippen molar-refractivity contribution in [1.29, 1.82) is 0 Å². The summed E-state index contributed by atoms with van der Waals surface area (Å²) in [5.41, 5.74) is 3.45. The summed E-state index contributed by atoms with van der Waals surface area (Å²) in [5.74, 6) is 0.448. The fraction of sp³-hybridized carbons (Fsp3) is 0.150. The van der Waals surface area contributed by atoms with Crippen molar-refractivity contribution < 1.29 is 4.79 Å². The van der Waals surface area contributed by atoms with Gasteiger partial charge in [-0.25, -0.2) is 14.5 Å². The van der Waals surface area contributed by atoms with Crippen molar-refractivity contribution in [3.8, 4) is 5.69 Å². The average molecular weight is 373 g/mol. The van der Waals surface area contributed by atoms with Gasteiger partial charge < -0.3 is 5.32 Å². The molecule has 0 aromatic carbocycles. The van der Waals surface area contributed by atoms with Crippen LogP contribution >= 0.6 is 0 Å². The van der Waals surface area contributed by atoms with Gasteiger partial charge in [-0.2, -0.15) is 5.10 Å². The summed E-state index contributed by atoms with van der Waals surface area (Å²) in [6.45, 7) is 3.80. The number of aryl methyl sites for hydroxylation is 1. The molecule has 4 heterocycles. The highest BCUT2D eigenvalue weighted by atomic mass is 16.2.